The van der Waals surface area contributed by atoms with Gasteiger partial charge >= 0.3 is 0 Å². The summed E-state index contributed by atoms with van der Waals surface area (Å²) in [5.74, 6) is 0.576. The number of ether oxygens (including phenoxy) is 1. The second kappa shape index (κ2) is 8.32. The average molecular weight is 275 g/mol. The zero-order chi connectivity index (χ0) is 13.4. The van der Waals surface area contributed by atoms with Gasteiger partial charge in [-0.15, -0.1) is 0 Å². The molecule has 0 heterocycles. The van der Waals surface area contributed by atoms with Gasteiger partial charge in [0.05, 0.1) is 11.6 Å². The predicted octanol–water partition coefficient (Wildman–Crippen LogP) is 0.414. The molecule has 4 nitrogen and oxygen atoms in total. The van der Waals surface area contributed by atoms with E-state index in [1.54, 1.807) is 12.1 Å². The molecule has 0 saturated carbocycles. The molecule has 102 valence electrons. The lowest BCUT2D eigenvalue weighted by Crippen LogP contribution is -2.92. The summed E-state index contributed by atoms with van der Waals surface area (Å²) in [5, 5.41) is 21.3. The Morgan fingerprint density at radius 3 is 2.72 bits per heavy atom. The quantitative estimate of drug-likeness (QED) is 0.643. The standard InChI is InChI=1S/C13H20ClNO3/c1-2-10(8-16)15-7-11(17)9-18-13-6-4-3-5-12(13)14/h3-6,10-11,15-17H,2,7-9H2,1H3/p+1/t10-,11+/m0/s1. The molecule has 18 heavy (non-hydrogen) atoms. The number of aliphatic hydroxyl groups is 2. The summed E-state index contributed by atoms with van der Waals surface area (Å²) >= 11 is 5.93. The van der Waals surface area contributed by atoms with Gasteiger partial charge in [-0.05, 0) is 18.6 Å². The van der Waals surface area contributed by atoms with E-state index in [0.29, 0.717) is 17.3 Å². The summed E-state index contributed by atoms with van der Waals surface area (Å²) in [6, 6.07) is 7.31. The molecule has 0 spiro atoms. The Labute approximate surface area is 113 Å². The summed E-state index contributed by atoms with van der Waals surface area (Å²) in [5.41, 5.74) is 0. The topological polar surface area (TPSA) is 66.3 Å². The first kappa shape index (κ1) is 15.2. The molecule has 0 radical (unpaired) electrons. The van der Waals surface area contributed by atoms with Crippen LogP contribution in [-0.2, 0) is 0 Å². The van der Waals surface area contributed by atoms with Crippen LogP contribution in [0.5, 0.6) is 5.75 Å². The molecule has 2 atom stereocenters. The fourth-order valence-electron chi connectivity index (χ4n) is 1.54. The van der Waals surface area contributed by atoms with Crippen molar-refractivity contribution in [3.8, 4) is 5.75 Å². The summed E-state index contributed by atoms with van der Waals surface area (Å²) < 4.78 is 5.43. The number of aliphatic hydroxyl groups excluding tert-OH is 2. The first-order valence-electron chi connectivity index (χ1n) is 6.17. The molecule has 0 saturated heterocycles. The zero-order valence-corrected chi connectivity index (χ0v) is 11.3. The molecule has 0 unspecified atom stereocenters. The van der Waals surface area contributed by atoms with E-state index in [-0.39, 0.29) is 19.3 Å². The second-order valence-corrected chi connectivity index (χ2v) is 4.62. The van der Waals surface area contributed by atoms with Crippen LogP contribution in [0.2, 0.25) is 5.02 Å². The Bertz CT molecular complexity index is 345. The highest BCUT2D eigenvalue weighted by atomic mass is 35.5. The Hall–Kier alpha value is -0.810. The van der Waals surface area contributed by atoms with Crippen molar-refractivity contribution in [1.29, 1.82) is 0 Å². The lowest BCUT2D eigenvalue weighted by Gasteiger charge is -2.15. The van der Waals surface area contributed by atoms with Crippen molar-refractivity contribution in [2.45, 2.75) is 25.5 Å². The van der Waals surface area contributed by atoms with Gasteiger partial charge in [-0.1, -0.05) is 30.7 Å². The number of quaternary nitrogens is 1. The number of rotatable bonds is 8. The molecule has 0 aliphatic carbocycles. The van der Waals surface area contributed by atoms with Crippen molar-refractivity contribution < 1.29 is 20.3 Å². The van der Waals surface area contributed by atoms with Gasteiger partial charge in [-0.2, -0.15) is 0 Å². The monoisotopic (exact) mass is 274 g/mol. The van der Waals surface area contributed by atoms with Crippen molar-refractivity contribution in [3.63, 3.8) is 0 Å². The van der Waals surface area contributed by atoms with Crippen LogP contribution >= 0.6 is 11.6 Å². The van der Waals surface area contributed by atoms with Crippen LogP contribution < -0.4 is 10.1 Å². The Morgan fingerprint density at radius 2 is 2.11 bits per heavy atom. The van der Waals surface area contributed by atoms with E-state index in [4.69, 9.17) is 21.4 Å². The van der Waals surface area contributed by atoms with Crippen LogP contribution in [0, 0.1) is 0 Å². The van der Waals surface area contributed by atoms with Gasteiger partial charge in [0.25, 0.3) is 0 Å². The normalized spacial score (nSPS) is 14.2. The van der Waals surface area contributed by atoms with Crippen molar-refractivity contribution in [1.82, 2.24) is 0 Å². The van der Waals surface area contributed by atoms with E-state index < -0.39 is 6.10 Å². The van der Waals surface area contributed by atoms with Gasteiger partial charge in [0.1, 0.15) is 31.0 Å². The van der Waals surface area contributed by atoms with Gasteiger partial charge in [-0.3, -0.25) is 0 Å². The van der Waals surface area contributed by atoms with Crippen molar-refractivity contribution in [2.24, 2.45) is 0 Å². The van der Waals surface area contributed by atoms with E-state index in [9.17, 15) is 5.11 Å². The lowest BCUT2D eigenvalue weighted by molar-refractivity contribution is -0.696. The van der Waals surface area contributed by atoms with E-state index in [1.165, 1.54) is 0 Å². The molecule has 5 heteroatoms. The molecule has 0 aliphatic rings. The number of halogens is 1. The van der Waals surface area contributed by atoms with Gasteiger partial charge in [-0.25, -0.2) is 0 Å². The molecule has 4 N–H and O–H groups in total. The Morgan fingerprint density at radius 1 is 1.39 bits per heavy atom. The fraction of sp³-hybridized carbons (Fsp3) is 0.538. The van der Waals surface area contributed by atoms with Crippen LogP contribution in [0.3, 0.4) is 0 Å². The Balaban J connectivity index is 2.29. The maximum atomic E-state index is 9.76. The van der Waals surface area contributed by atoms with E-state index in [2.05, 4.69) is 0 Å². The van der Waals surface area contributed by atoms with Crippen LogP contribution in [-0.4, -0.2) is 42.1 Å². The average Bonchev–Trinajstić information content (AvgIpc) is 2.39. The third kappa shape index (κ3) is 5.23. The first-order valence-corrected chi connectivity index (χ1v) is 6.54. The first-order chi connectivity index (χ1) is 8.67. The molecule has 0 fully saturated rings. The molecule has 0 amide bonds. The molecule has 1 aromatic rings. The van der Waals surface area contributed by atoms with Crippen LogP contribution in [0.4, 0.5) is 0 Å². The van der Waals surface area contributed by atoms with Gasteiger partial charge in [0, 0.05) is 0 Å². The Kier molecular flexibility index (Phi) is 7.05. The van der Waals surface area contributed by atoms with E-state index in [0.717, 1.165) is 6.42 Å². The second-order valence-electron chi connectivity index (χ2n) is 4.22. The van der Waals surface area contributed by atoms with E-state index in [1.807, 2.05) is 24.4 Å². The van der Waals surface area contributed by atoms with Crippen molar-refractivity contribution >= 4 is 11.6 Å². The van der Waals surface area contributed by atoms with Crippen LogP contribution in [0.15, 0.2) is 24.3 Å². The lowest BCUT2D eigenvalue weighted by atomic mass is 10.2. The van der Waals surface area contributed by atoms with Crippen molar-refractivity contribution in [3.05, 3.63) is 29.3 Å². The maximum Gasteiger partial charge on any atom is 0.138 e. The molecule has 1 rings (SSSR count). The highest BCUT2D eigenvalue weighted by Gasteiger charge is 2.13. The largest absolute Gasteiger partial charge is 0.489 e. The SMILES string of the molecule is CC[C@@H](CO)[NH2+]C[C@@H](O)COc1ccccc1Cl. The minimum absolute atomic E-state index is 0.120. The minimum atomic E-state index is -0.582. The molecule has 0 aromatic heterocycles. The highest BCUT2D eigenvalue weighted by molar-refractivity contribution is 6.32. The predicted molar refractivity (Wildman–Crippen MR) is 70.9 cm³/mol. The number of nitrogens with two attached hydrogens (primary N) is 1. The number of benzene rings is 1. The number of hydrogen-bond acceptors (Lipinski definition) is 3. The summed E-state index contributed by atoms with van der Waals surface area (Å²) in [4.78, 5) is 0. The third-order valence-electron chi connectivity index (χ3n) is 2.77. The smallest absolute Gasteiger partial charge is 0.138 e. The van der Waals surface area contributed by atoms with Gasteiger partial charge < -0.3 is 20.3 Å². The van der Waals surface area contributed by atoms with Crippen LogP contribution in [0.25, 0.3) is 0 Å². The molecular weight excluding hydrogens is 254 g/mol. The van der Waals surface area contributed by atoms with Crippen LogP contribution in [0.1, 0.15) is 13.3 Å². The minimum Gasteiger partial charge on any atom is -0.489 e. The van der Waals surface area contributed by atoms with E-state index >= 15 is 0 Å². The molecule has 0 aliphatic heterocycles. The fourth-order valence-corrected chi connectivity index (χ4v) is 1.73. The number of hydrogen-bond donors (Lipinski definition) is 3. The summed E-state index contributed by atoms with van der Waals surface area (Å²) in [6.07, 6.45) is 0.288. The van der Waals surface area contributed by atoms with Gasteiger partial charge in [0.2, 0.25) is 0 Å². The molecule has 1 aromatic carbocycles. The molecular formula is C13H21ClNO3+. The summed E-state index contributed by atoms with van der Waals surface area (Å²) in [7, 11) is 0. The molecule has 0 bridgehead atoms. The van der Waals surface area contributed by atoms with Crippen molar-refractivity contribution in [2.75, 3.05) is 19.8 Å². The zero-order valence-electron chi connectivity index (χ0n) is 10.6. The third-order valence-corrected chi connectivity index (χ3v) is 3.08. The maximum absolute atomic E-state index is 9.76. The summed E-state index contributed by atoms with van der Waals surface area (Å²) in [6.45, 7) is 2.82. The van der Waals surface area contributed by atoms with Gasteiger partial charge in [0.15, 0.2) is 0 Å². The highest BCUT2D eigenvalue weighted by Crippen LogP contribution is 2.22. The number of para-hydroxylation sites is 1.